The van der Waals surface area contributed by atoms with Crippen LogP contribution in [0.2, 0.25) is 0 Å². The van der Waals surface area contributed by atoms with E-state index in [1.807, 2.05) is 6.92 Å². The molecule has 1 N–H and O–H groups in total. The number of anilines is 1. The Morgan fingerprint density at radius 2 is 1.88 bits per heavy atom. The van der Waals surface area contributed by atoms with E-state index in [1.165, 1.54) is 4.90 Å². The molecule has 8 heteroatoms. The van der Waals surface area contributed by atoms with Gasteiger partial charge >= 0.3 is 0 Å². The van der Waals surface area contributed by atoms with Gasteiger partial charge in [0, 0.05) is 19.8 Å². The fourth-order valence-electron chi connectivity index (χ4n) is 2.35. The number of halogens is 3. The number of nitrogens with zero attached hydrogens (tertiary/aromatic N) is 2. The van der Waals surface area contributed by atoms with E-state index in [0.717, 1.165) is 6.07 Å². The summed E-state index contributed by atoms with van der Waals surface area (Å²) in [6, 6.07) is 4.97. The van der Waals surface area contributed by atoms with E-state index >= 15 is 0 Å². The largest absolute Gasteiger partial charge is 0.347 e. The topological polar surface area (TPSA) is 54.3 Å². The molecule has 25 heavy (non-hydrogen) atoms. The van der Waals surface area contributed by atoms with E-state index in [4.69, 9.17) is 0 Å². The molecule has 0 atom stereocenters. The molecular weight excluding hydrogens is 335 g/mol. The Morgan fingerprint density at radius 3 is 2.48 bits per heavy atom. The average Bonchev–Trinajstić information content (AvgIpc) is 3.00. The van der Waals surface area contributed by atoms with Crippen LogP contribution in [0.15, 0.2) is 30.5 Å². The summed E-state index contributed by atoms with van der Waals surface area (Å²) in [6.45, 7) is 1.83. The minimum Gasteiger partial charge on any atom is -0.347 e. The summed E-state index contributed by atoms with van der Waals surface area (Å²) in [4.78, 5) is 25.9. The highest BCUT2D eigenvalue weighted by Gasteiger charge is 2.21. The smallest absolute Gasteiger partial charge is 0.270 e. The molecule has 1 aromatic carbocycles. The van der Waals surface area contributed by atoms with E-state index in [0.29, 0.717) is 24.7 Å². The summed E-state index contributed by atoms with van der Waals surface area (Å²) in [5, 5.41) is 2.16. The number of rotatable bonds is 6. The van der Waals surface area contributed by atoms with E-state index < -0.39 is 29.0 Å². The quantitative estimate of drug-likeness (QED) is 0.812. The second kappa shape index (κ2) is 7.87. The zero-order valence-electron chi connectivity index (χ0n) is 13.9. The summed E-state index contributed by atoms with van der Waals surface area (Å²) in [5.41, 5.74) is -0.0769. The summed E-state index contributed by atoms with van der Waals surface area (Å²) in [6.07, 6.45) is 2.32. The number of amides is 2. The number of carbonyl (C=O) groups excluding carboxylic acids is 2. The molecule has 2 amide bonds. The van der Waals surface area contributed by atoms with Crippen LogP contribution < -0.4 is 5.32 Å². The predicted molar refractivity (Wildman–Crippen MR) is 86.6 cm³/mol. The molecule has 0 aliphatic heterocycles. The van der Waals surface area contributed by atoms with Gasteiger partial charge in [0.15, 0.2) is 17.5 Å². The normalized spacial score (nSPS) is 10.6. The van der Waals surface area contributed by atoms with Gasteiger partial charge in [-0.15, -0.1) is 0 Å². The SMILES string of the molecule is CCCN(CC(=O)Nc1ccc(F)c(F)c1F)C(=O)c1cccn1C. The number of aromatic nitrogens is 1. The lowest BCUT2D eigenvalue weighted by atomic mass is 10.2. The van der Waals surface area contributed by atoms with E-state index in [1.54, 1.807) is 29.9 Å². The second-order valence-corrected chi connectivity index (χ2v) is 5.50. The third kappa shape index (κ3) is 4.20. The zero-order valence-corrected chi connectivity index (χ0v) is 13.9. The van der Waals surface area contributed by atoms with Crippen LogP contribution in [0.25, 0.3) is 0 Å². The van der Waals surface area contributed by atoms with Crippen LogP contribution >= 0.6 is 0 Å². The molecule has 0 fully saturated rings. The highest BCUT2D eigenvalue weighted by Crippen LogP contribution is 2.19. The summed E-state index contributed by atoms with van der Waals surface area (Å²) in [5.74, 6) is -5.55. The van der Waals surface area contributed by atoms with Crippen LogP contribution in [-0.4, -0.2) is 34.4 Å². The van der Waals surface area contributed by atoms with Crippen LogP contribution in [0.1, 0.15) is 23.8 Å². The van der Waals surface area contributed by atoms with Crippen molar-refractivity contribution in [2.24, 2.45) is 7.05 Å². The van der Waals surface area contributed by atoms with Gasteiger partial charge in [-0.2, -0.15) is 0 Å². The Morgan fingerprint density at radius 1 is 1.16 bits per heavy atom. The minimum absolute atomic E-state index is 0.317. The van der Waals surface area contributed by atoms with Gasteiger partial charge in [-0.25, -0.2) is 13.2 Å². The van der Waals surface area contributed by atoms with Crippen molar-refractivity contribution in [3.63, 3.8) is 0 Å². The lowest BCUT2D eigenvalue weighted by Crippen LogP contribution is -2.39. The standard InChI is InChI=1S/C17H18F3N3O2/c1-3-8-23(17(25)13-5-4-9-22(13)2)10-14(24)21-12-7-6-11(18)15(19)16(12)20/h4-7,9H,3,8,10H2,1-2H3,(H,21,24). The third-order valence-corrected chi connectivity index (χ3v) is 3.59. The van der Waals surface area contributed by atoms with Crippen molar-refractivity contribution in [3.8, 4) is 0 Å². The maximum absolute atomic E-state index is 13.6. The van der Waals surface area contributed by atoms with Gasteiger partial charge in [0.2, 0.25) is 5.91 Å². The molecule has 1 aromatic heterocycles. The van der Waals surface area contributed by atoms with Gasteiger partial charge in [0.05, 0.1) is 5.69 Å². The monoisotopic (exact) mass is 353 g/mol. The Kier molecular flexibility index (Phi) is 5.84. The van der Waals surface area contributed by atoms with Gasteiger partial charge in [-0.1, -0.05) is 6.92 Å². The maximum Gasteiger partial charge on any atom is 0.270 e. The maximum atomic E-state index is 13.6. The summed E-state index contributed by atoms with van der Waals surface area (Å²) >= 11 is 0. The van der Waals surface area contributed by atoms with Gasteiger partial charge in [0.1, 0.15) is 12.2 Å². The van der Waals surface area contributed by atoms with Crippen molar-refractivity contribution in [2.75, 3.05) is 18.4 Å². The summed E-state index contributed by atoms with van der Waals surface area (Å²) < 4.78 is 41.4. The molecule has 0 spiro atoms. The fourth-order valence-corrected chi connectivity index (χ4v) is 2.35. The average molecular weight is 353 g/mol. The highest BCUT2D eigenvalue weighted by molar-refractivity contribution is 5.98. The van der Waals surface area contributed by atoms with Crippen LogP contribution in [0.5, 0.6) is 0 Å². The lowest BCUT2D eigenvalue weighted by molar-refractivity contribution is -0.116. The molecule has 5 nitrogen and oxygen atoms in total. The molecule has 2 aromatic rings. The molecule has 0 unspecified atom stereocenters. The van der Waals surface area contributed by atoms with E-state index in [2.05, 4.69) is 5.32 Å². The minimum atomic E-state index is -1.66. The van der Waals surface area contributed by atoms with Crippen LogP contribution in [0.3, 0.4) is 0 Å². The number of aryl methyl sites for hydroxylation is 1. The molecule has 0 aliphatic rings. The molecule has 1 heterocycles. The molecule has 0 aliphatic carbocycles. The molecule has 0 bridgehead atoms. The van der Waals surface area contributed by atoms with Crippen LogP contribution in [0, 0.1) is 17.5 Å². The molecule has 0 saturated heterocycles. The number of hydrogen-bond donors (Lipinski definition) is 1. The van der Waals surface area contributed by atoms with Crippen LogP contribution in [0.4, 0.5) is 18.9 Å². The first kappa shape index (κ1) is 18.6. The summed E-state index contributed by atoms with van der Waals surface area (Å²) in [7, 11) is 1.70. The van der Waals surface area contributed by atoms with Crippen molar-refractivity contribution < 1.29 is 22.8 Å². The lowest BCUT2D eigenvalue weighted by Gasteiger charge is -2.22. The first-order valence-corrected chi connectivity index (χ1v) is 7.69. The van der Waals surface area contributed by atoms with Gasteiger partial charge in [-0.05, 0) is 30.7 Å². The van der Waals surface area contributed by atoms with Gasteiger partial charge in [0.25, 0.3) is 5.91 Å². The fraction of sp³-hybridized carbons (Fsp3) is 0.294. The number of benzene rings is 1. The van der Waals surface area contributed by atoms with E-state index in [-0.39, 0.29) is 12.5 Å². The zero-order chi connectivity index (χ0) is 18.6. The van der Waals surface area contributed by atoms with Gasteiger partial charge in [-0.3, -0.25) is 9.59 Å². The second-order valence-electron chi connectivity index (χ2n) is 5.50. The number of hydrogen-bond acceptors (Lipinski definition) is 2. The third-order valence-electron chi connectivity index (χ3n) is 3.59. The molecular formula is C17H18F3N3O2. The van der Waals surface area contributed by atoms with Crippen molar-refractivity contribution in [2.45, 2.75) is 13.3 Å². The molecule has 134 valence electrons. The Hall–Kier alpha value is -2.77. The molecule has 2 rings (SSSR count). The number of nitrogens with one attached hydrogen (secondary N) is 1. The Labute approximate surface area is 143 Å². The van der Waals surface area contributed by atoms with Crippen molar-refractivity contribution in [1.82, 2.24) is 9.47 Å². The molecule has 0 saturated carbocycles. The Balaban J connectivity index is 2.12. The predicted octanol–water partition coefficient (Wildman–Crippen LogP) is 2.93. The van der Waals surface area contributed by atoms with Crippen LogP contribution in [-0.2, 0) is 11.8 Å². The van der Waals surface area contributed by atoms with Crippen molar-refractivity contribution in [3.05, 3.63) is 53.6 Å². The van der Waals surface area contributed by atoms with Crippen molar-refractivity contribution in [1.29, 1.82) is 0 Å². The molecule has 0 radical (unpaired) electrons. The van der Waals surface area contributed by atoms with E-state index in [9.17, 15) is 22.8 Å². The number of carbonyl (C=O) groups is 2. The Bertz CT molecular complexity index is 789. The van der Waals surface area contributed by atoms with Crippen molar-refractivity contribution >= 4 is 17.5 Å². The van der Waals surface area contributed by atoms with Gasteiger partial charge < -0.3 is 14.8 Å². The highest BCUT2D eigenvalue weighted by atomic mass is 19.2. The first-order valence-electron chi connectivity index (χ1n) is 7.69. The first-order chi connectivity index (χ1) is 11.8.